The number of fused-ring (bicyclic) bond motifs is 14. The van der Waals surface area contributed by atoms with Gasteiger partial charge in [0.25, 0.3) is 0 Å². The minimum atomic E-state index is -0.179. The molecule has 0 bridgehead atoms. The largest absolute Gasteiger partial charge is 0.354 e. The molecular formula is C61H59BN2S. The average molecular weight is 863 g/mol. The van der Waals surface area contributed by atoms with E-state index in [4.69, 9.17) is 0 Å². The van der Waals surface area contributed by atoms with Crippen LogP contribution < -0.4 is 10.4 Å². The van der Waals surface area contributed by atoms with Crippen LogP contribution in [0, 0.1) is 0 Å². The molecule has 0 fully saturated rings. The molecule has 2 aromatic heterocycles. The number of anilines is 2. The molecule has 0 spiro atoms. The van der Waals surface area contributed by atoms with Crippen molar-refractivity contribution in [3.8, 4) is 11.1 Å². The first-order valence-electron chi connectivity index (χ1n) is 24.2. The molecule has 3 aliphatic carbocycles. The van der Waals surface area contributed by atoms with Crippen molar-refractivity contribution in [2.45, 2.75) is 122 Å². The number of aromatic amines is 1. The van der Waals surface area contributed by atoms with Crippen molar-refractivity contribution in [3.63, 3.8) is 0 Å². The predicted molar refractivity (Wildman–Crippen MR) is 284 cm³/mol. The molecule has 4 heteroatoms. The number of nitrogens with zero attached hydrogens (tertiary/aromatic N) is 1. The van der Waals surface area contributed by atoms with Crippen molar-refractivity contribution in [1.29, 1.82) is 0 Å². The number of para-hydroxylation sites is 1. The van der Waals surface area contributed by atoms with Crippen LogP contribution in [0.2, 0.25) is 0 Å². The molecule has 0 unspecified atom stereocenters. The van der Waals surface area contributed by atoms with Gasteiger partial charge < -0.3 is 9.88 Å². The Bertz CT molecular complexity index is 3620. The van der Waals surface area contributed by atoms with Crippen molar-refractivity contribution in [2.75, 3.05) is 4.90 Å². The summed E-state index contributed by atoms with van der Waals surface area (Å²) in [6, 6.07) is 45.1. The number of rotatable bonds is 2. The minimum Gasteiger partial charge on any atom is -0.354 e. The van der Waals surface area contributed by atoms with Crippen molar-refractivity contribution >= 4 is 93.9 Å². The minimum absolute atomic E-state index is 0.0719. The Kier molecular flexibility index (Phi) is 7.86. The van der Waals surface area contributed by atoms with Crippen LogP contribution in [0.25, 0.3) is 69.6 Å². The highest BCUT2D eigenvalue weighted by Crippen LogP contribution is 2.59. The maximum absolute atomic E-state index is 4.02. The van der Waals surface area contributed by atoms with Gasteiger partial charge in [-0.25, -0.2) is 0 Å². The van der Waals surface area contributed by atoms with E-state index in [2.05, 4.69) is 194 Å². The Hall–Kier alpha value is -5.58. The molecule has 2 nitrogen and oxygen atoms in total. The van der Waals surface area contributed by atoms with Gasteiger partial charge in [-0.05, 0) is 133 Å². The average Bonchev–Trinajstić information content (AvgIpc) is 3.93. The Balaban J connectivity index is 1.17. The molecule has 0 saturated carbocycles. The monoisotopic (exact) mass is 862 g/mol. The zero-order valence-corrected chi connectivity index (χ0v) is 40.7. The summed E-state index contributed by atoms with van der Waals surface area (Å²) in [4.78, 5) is 6.82. The van der Waals surface area contributed by atoms with Crippen molar-refractivity contribution in [1.82, 2.24) is 4.98 Å². The highest BCUT2D eigenvalue weighted by atomic mass is 32.1. The lowest BCUT2D eigenvalue weighted by atomic mass is 9.52. The molecule has 1 N–H and O–H groups in total. The van der Waals surface area contributed by atoms with Crippen LogP contribution in [0.3, 0.4) is 0 Å². The van der Waals surface area contributed by atoms with E-state index >= 15 is 0 Å². The van der Waals surface area contributed by atoms with E-state index < -0.39 is 0 Å². The quantitative estimate of drug-likeness (QED) is 0.172. The van der Waals surface area contributed by atoms with Gasteiger partial charge in [-0.3, -0.25) is 0 Å². The lowest BCUT2D eigenvalue weighted by Crippen LogP contribution is -2.38. The van der Waals surface area contributed by atoms with E-state index in [9.17, 15) is 0 Å². The third-order valence-corrected chi connectivity index (χ3v) is 18.6. The normalized spacial score (nSPS) is 19.6. The fourth-order valence-corrected chi connectivity index (χ4v) is 14.5. The molecule has 0 amide bonds. The van der Waals surface area contributed by atoms with Gasteiger partial charge in [0, 0.05) is 59.7 Å². The van der Waals surface area contributed by atoms with E-state index in [-0.39, 0.29) is 27.1 Å². The number of allylic oxidation sites excluding steroid dienone is 1. The van der Waals surface area contributed by atoms with Crippen LogP contribution in [0.1, 0.15) is 128 Å². The molecule has 4 aliphatic rings. The molecule has 65 heavy (non-hydrogen) atoms. The Labute approximate surface area is 389 Å². The third-order valence-electron chi connectivity index (χ3n) is 17.4. The summed E-state index contributed by atoms with van der Waals surface area (Å²) < 4.78 is 2.73. The van der Waals surface area contributed by atoms with Gasteiger partial charge in [0.15, 0.2) is 7.28 Å². The summed E-state index contributed by atoms with van der Waals surface area (Å²) in [5.41, 5.74) is 21.3. The van der Waals surface area contributed by atoms with Gasteiger partial charge in [0.2, 0.25) is 0 Å². The van der Waals surface area contributed by atoms with Crippen LogP contribution in [0.5, 0.6) is 0 Å². The number of H-pyrrole nitrogens is 1. The van der Waals surface area contributed by atoms with Gasteiger partial charge >= 0.3 is 0 Å². The molecule has 0 atom stereocenters. The highest BCUT2D eigenvalue weighted by Gasteiger charge is 2.48. The second-order valence-electron chi connectivity index (χ2n) is 23.5. The molecule has 3 heterocycles. The number of hydrogen-bond donors (Lipinski definition) is 1. The molecule has 13 rings (SSSR count). The van der Waals surface area contributed by atoms with Crippen LogP contribution in [0.15, 0.2) is 121 Å². The molecular weight excluding hydrogens is 804 g/mol. The second kappa shape index (κ2) is 12.9. The van der Waals surface area contributed by atoms with Crippen molar-refractivity contribution < 1.29 is 0 Å². The number of aromatic nitrogens is 1. The predicted octanol–water partition coefficient (Wildman–Crippen LogP) is 16.1. The first-order chi connectivity index (χ1) is 30.9. The lowest BCUT2D eigenvalue weighted by molar-refractivity contribution is 0.331. The highest BCUT2D eigenvalue weighted by molar-refractivity contribution is 7.26. The number of hydrogen-bond acceptors (Lipinski definition) is 2. The van der Waals surface area contributed by atoms with Crippen LogP contribution >= 0.6 is 11.3 Å². The zero-order chi connectivity index (χ0) is 44.7. The van der Waals surface area contributed by atoms with Crippen LogP contribution in [0.4, 0.5) is 11.4 Å². The number of nitrogens with one attached hydrogen (secondary N) is 1. The van der Waals surface area contributed by atoms with Crippen molar-refractivity contribution in [2.24, 2.45) is 0 Å². The van der Waals surface area contributed by atoms with E-state index in [1.165, 1.54) is 145 Å². The second-order valence-corrected chi connectivity index (χ2v) is 24.5. The van der Waals surface area contributed by atoms with Crippen LogP contribution in [-0.4, -0.2) is 12.3 Å². The summed E-state index contributed by atoms with van der Waals surface area (Å²) >= 11 is 1.98. The number of benzene rings is 7. The topological polar surface area (TPSA) is 19.0 Å². The molecule has 9 aromatic rings. The fraction of sp³-hybridized carbons (Fsp3) is 0.311. The zero-order valence-electron chi connectivity index (χ0n) is 39.9. The third kappa shape index (κ3) is 5.35. The van der Waals surface area contributed by atoms with Gasteiger partial charge in [-0.1, -0.05) is 154 Å². The molecule has 1 aliphatic heterocycles. The Morgan fingerprint density at radius 3 is 1.92 bits per heavy atom. The van der Waals surface area contributed by atoms with Crippen molar-refractivity contribution in [3.05, 3.63) is 154 Å². The van der Waals surface area contributed by atoms with Gasteiger partial charge in [0.1, 0.15) is 0 Å². The Morgan fingerprint density at radius 2 is 1.17 bits per heavy atom. The van der Waals surface area contributed by atoms with E-state index in [1.54, 1.807) is 5.56 Å². The van der Waals surface area contributed by atoms with Gasteiger partial charge in [0.05, 0.1) is 15.9 Å². The van der Waals surface area contributed by atoms with Crippen LogP contribution in [-0.2, 0) is 27.1 Å². The SMILES string of the molecule is CC1(C)CCC(C)(C)c2cc(N3C4=C(Bc5c(-c6cccc7c6[nH]c6ccc8ccccc8c67)cc6c(sc7ccccc76)c53)C(C)(C)c3cc5c(cc34)C(C)(C)CCC5(C)C)ccc21. The van der Waals surface area contributed by atoms with E-state index in [0.29, 0.717) is 0 Å². The number of thiophene rings is 1. The summed E-state index contributed by atoms with van der Waals surface area (Å²) in [5, 5.41) is 7.85. The molecule has 7 aromatic carbocycles. The maximum Gasteiger partial charge on any atom is 0.194 e. The smallest absolute Gasteiger partial charge is 0.194 e. The van der Waals surface area contributed by atoms with E-state index in [0.717, 1.165) is 7.28 Å². The fourth-order valence-electron chi connectivity index (χ4n) is 13.2. The Morgan fingerprint density at radius 1 is 0.523 bits per heavy atom. The molecule has 322 valence electrons. The standard InChI is InChI=1S/C61H59BN2S/c1-57(2)26-27-58(3,4)45-30-35(23-24-43(45)57)64-53-42-32-46-47(60(7,8)29-28-59(46,5)6)33-44(42)61(9,10)56(53)62-51-40(31-41-37-18-13-14-21-49(37)65-55(41)54(51)64)38-19-15-20-39-50-36-17-12-11-16-34(36)22-25-48(50)63-52(38)39/h11-25,30-33,62-63H,26-29H2,1-10H3. The van der Waals surface area contributed by atoms with E-state index in [1.807, 2.05) is 11.3 Å². The first-order valence-corrected chi connectivity index (χ1v) is 25.0. The summed E-state index contributed by atoms with van der Waals surface area (Å²) in [6.45, 7) is 24.9. The lowest BCUT2D eigenvalue weighted by Gasteiger charge is -2.43. The molecule has 0 saturated heterocycles. The van der Waals surface area contributed by atoms with Gasteiger partial charge in [-0.2, -0.15) is 0 Å². The summed E-state index contributed by atoms with van der Waals surface area (Å²) in [6.07, 6.45) is 4.79. The maximum atomic E-state index is 4.02. The summed E-state index contributed by atoms with van der Waals surface area (Å²) in [7, 11) is 0.892. The molecule has 0 radical (unpaired) electrons. The van der Waals surface area contributed by atoms with Gasteiger partial charge in [-0.15, -0.1) is 11.3 Å². The summed E-state index contributed by atoms with van der Waals surface area (Å²) in [5.74, 6) is 0. The first kappa shape index (κ1) is 39.8.